The standard InChI is InChI=1S/C13H18N4O3S/c1-4-8(2)15-10(18)6-17-13(20)12-9(5-14-17)21-7-11(19)16(12)3/h5,8H,4,6-7H2,1-3H3,(H,15,18). The second-order valence-electron chi connectivity index (χ2n) is 4.94. The number of rotatable bonds is 4. The van der Waals surface area contributed by atoms with E-state index in [4.69, 9.17) is 0 Å². The van der Waals surface area contributed by atoms with Crippen LogP contribution < -0.4 is 15.8 Å². The van der Waals surface area contributed by atoms with Crippen LogP contribution in [0.2, 0.25) is 0 Å². The summed E-state index contributed by atoms with van der Waals surface area (Å²) in [7, 11) is 1.56. The van der Waals surface area contributed by atoms with Gasteiger partial charge in [0.15, 0.2) is 0 Å². The third kappa shape index (κ3) is 3.26. The van der Waals surface area contributed by atoms with Crippen LogP contribution in [0.5, 0.6) is 0 Å². The first-order chi connectivity index (χ1) is 9.93. The fourth-order valence-electron chi connectivity index (χ4n) is 1.91. The van der Waals surface area contributed by atoms with E-state index in [1.807, 2.05) is 13.8 Å². The van der Waals surface area contributed by atoms with Gasteiger partial charge in [0.1, 0.15) is 12.2 Å². The molecule has 0 saturated heterocycles. The van der Waals surface area contributed by atoms with Gasteiger partial charge >= 0.3 is 0 Å². The molecule has 1 aromatic heterocycles. The summed E-state index contributed by atoms with van der Waals surface area (Å²) in [6, 6.07) is 0.0469. The van der Waals surface area contributed by atoms with Gasteiger partial charge in [-0.1, -0.05) is 6.92 Å². The fourth-order valence-corrected chi connectivity index (χ4v) is 2.87. The van der Waals surface area contributed by atoms with Crippen LogP contribution in [-0.4, -0.2) is 40.4 Å². The smallest absolute Gasteiger partial charge is 0.292 e. The molecule has 0 aromatic carbocycles. The third-order valence-corrected chi connectivity index (χ3v) is 4.36. The number of amides is 2. The summed E-state index contributed by atoms with van der Waals surface area (Å²) in [6.07, 6.45) is 2.34. The zero-order valence-corrected chi connectivity index (χ0v) is 13.1. The zero-order chi connectivity index (χ0) is 15.6. The highest BCUT2D eigenvalue weighted by atomic mass is 32.2. The minimum atomic E-state index is -0.421. The van der Waals surface area contributed by atoms with E-state index in [0.717, 1.165) is 11.1 Å². The van der Waals surface area contributed by atoms with Gasteiger partial charge in [-0.25, -0.2) is 4.68 Å². The van der Waals surface area contributed by atoms with E-state index in [1.54, 1.807) is 7.05 Å². The highest BCUT2D eigenvalue weighted by molar-refractivity contribution is 8.00. The molecule has 0 spiro atoms. The molecule has 1 aromatic rings. The molecule has 21 heavy (non-hydrogen) atoms. The molecule has 2 heterocycles. The van der Waals surface area contributed by atoms with Crippen LogP contribution in [0.3, 0.4) is 0 Å². The van der Waals surface area contributed by atoms with Crippen molar-refractivity contribution in [1.82, 2.24) is 15.1 Å². The van der Waals surface area contributed by atoms with Gasteiger partial charge in [-0.05, 0) is 13.3 Å². The Morgan fingerprint density at radius 1 is 1.52 bits per heavy atom. The van der Waals surface area contributed by atoms with Crippen molar-refractivity contribution >= 4 is 29.3 Å². The van der Waals surface area contributed by atoms with Crippen LogP contribution in [0, 0.1) is 0 Å². The minimum Gasteiger partial charge on any atom is -0.352 e. The van der Waals surface area contributed by atoms with Gasteiger partial charge in [0, 0.05) is 13.1 Å². The van der Waals surface area contributed by atoms with Crippen LogP contribution in [0.25, 0.3) is 0 Å². The number of nitrogens with zero attached hydrogens (tertiary/aromatic N) is 3. The van der Waals surface area contributed by atoms with E-state index in [0.29, 0.717) is 16.3 Å². The number of thioether (sulfide) groups is 1. The first kappa shape index (κ1) is 15.6. The number of carbonyl (C=O) groups is 2. The van der Waals surface area contributed by atoms with Crippen molar-refractivity contribution in [3.8, 4) is 0 Å². The topological polar surface area (TPSA) is 84.3 Å². The van der Waals surface area contributed by atoms with Crippen molar-refractivity contribution in [3.05, 3.63) is 16.6 Å². The molecule has 0 bridgehead atoms. The van der Waals surface area contributed by atoms with E-state index >= 15 is 0 Å². The first-order valence-electron chi connectivity index (χ1n) is 6.72. The summed E-state index contributed by atoms with van der Waals surface area (Å²) in [5.74, 6) is -0.105. The van der Waals surface area contributed by atoms with Gasteiger partial charge in [0.2, 0.25) is 11.8 Å². The predicted octanol–water partition coefficient (Wildman–Crippen LogP) is 0.226. The molecule has 0 radical (unpaired) electrons. The fraction of sp³-hybridized carbons (Fsp3) is 0.538. The number of nitrogens with one attached hydrogen (secondary N) is 1. The molecule has 7 nitrogen and oxygen atoms in total. The van der Waals surface area contributed by atoms with Gasteiger partial charge < -0.3 is 10.2 Å². The predicted molar refractivity (Wildman–Crippen MR) is 80.5 cm³/mol. The van der Waals surface area contributed by atoms with E-state index in [9.17, 15) is 14.4 Å². The van der Waals surface area contributed by atoms with Gasteiger partial charge in [-0.15, -0.1) is 11.8 Å². The van der Waals surface area contributed by atoms with Crippen LogP contribution in [0.15, 0.2) is 15.9 Å². The van der Waals surface area contributed by atoms with Crippen molar-refractivity contribution < 1.29 is 9.59 Å². The molecular formula is C13H18N4O3S. The number of carbonyl (C=O) groups excluding carboxylic acids is 2. The summed E-state index contributed by atoms with van der Waals surface area (Å²) < 4.78 is 1.09. The molecule has 1 N–H and O–H groups in total. The van der Waals surface area contributed by atoms with Crippen LogP contribution in [0.4, 0.5) is 5.69 Å². The Morgan fingerprint density at radius 3 is 2.90 bits per heavy atom. The van der Waals surface area contributed by atoms with E-state index < -0.39 is 5.56 Å². The molecule has 1 aliphatic heterocycles. The monoisotopic (exact) mass is 310 g/mol. The maximum Gasteiger partial charge on any atom is 0.292 e. The third-order valence-electron chi connectivity index (χ3n) is 3.36. The average Bonchev–Trinajstić information content (AvgIpc) is 2.45. The van der Waals surface area contributed by atoms with Crippen molar-refractivity contribution in [2.24, 2.45) is 0 Å². The second-order valence-corrected chi connectivity index (χ2v) is 5.96. The lowest BCUT2D eigenvalue weighted by atomic mass is 10.2. The van der Waals surface area contributed by atoms with Crippen LogP contribution in [0.1, 0.15) is 20.3 Å². The Hall–Kier alpha value is -1.83. The Morgan fingerprint density at radius 2 is 2.24 bits per heavy atom. The summed E-state index contributed by atoms with van der Waals surface area (Å²) in [6.45, 7) is 3.71. The number of anilines is 1. The molecular weight excluding hydrogens is 292 g/mol. The molecule has 0 fully saturated rings. The van der Waals surface area contributed by atoms with Gasteiger partial charge in [-0.2, -0.15) is 5.10 Å². The maximum atomic E-state index is 12.4. The van der Waals surface area contributed by atoms with E-state index in [2.05, 4.69) is 10.4 Å². The summed E-state index contributed by atoms with van der Waals surface area (Å²) in [4.78, 5) is 37.9. The molecule has 8 heteroatoms. The van der Waals surface area contributed by atoms with E-state index in [1.165, 1.54) is 22.9 Å². The number of hydrogen-bond donors (Lipinski definition) is 1. The molecule has 1 unspecified atom stereocenters. The largest absolute Gasteiger partial charge is 0.352 e. The average molecular weight is 310 g/mol. The summed E-state index contributed by atoms with van der Waals surface area (Å²) in [5, 5.41) is 6.79. The number of aromatic nitrogens is 2. The van der Waals surface area contributed by atoms with Crippen LogP contribution in [-0.2, 0) is 16.1 Å². The normalized spacial score (nSPS) is 15.6. The molecule has 0 saturated carbocycles. The lowest BCUT2D eigenvalue weighted by Crippen LogP contribution is -2.41. The molecule has 0 aliphatic carbocycles. The lowest BCUT2D eigenvalue weighted by molar-refractivity contribution is -0.122. The van der Waals surface area contributed by atoms with Crippen molar-refractivity contribution in [1.29, 1.82) is 0 Å². The number of fused-ring (bicyclic) bond motifs is 1. The molecule has 2 rings (SSSR count). The lowest BCUT2D eigenvalue weighted by Gasteiger charge is -2.24. The van der Waals surface area contributed by atoms with Gasteiger partial charge in [-0.3, -0.25) is 14.4 Å². The van der Waals surface area contributed by atoms with Gasteiger partial charge in [0.25, 0.3) is 5.56 Å². The first-order valence-corrected chi connectivity index (χ1v) is 7.71. The molecule has 2 amide bonds. The SMILES string of the molecule is CCC(C)NC(=O)Cn1ncc2c(c1=O)N(C)C(=O)CS2. The highest BCUT2D eigenvalue weighted by Gasteiger charge is 2.26. The Labute approximate surface area is 126 Å². The second kappa shape index (κ2) is 6.30. The summed E-state index contributed by atoms with van der Waals surface area (Å²) in [5.41, 5.74) is -0.127. The van der Waals surface area contributed by atoms with Crippen molar-refractivity contribution in [2.45, 2.75) is 37.8 Å². The maximum absolute atomic E-state index is 12.4. The zero-order valence-electron chi connectivity index (χ0n) is 12.3. The highest BCUT2D eigenvalue weighted by Crippen LogP contribution is 2.30. The number of hydrogen-bond acceptors (Lipinski definition) is 5. The minimum absolute atomic E-state index is 0.0469. The van der Waals surface area contributed by atoms with Crippen molar-refractivity contribution in [2.75, 3.05) is 17.7 Å². The Balaban J connectivity index is 2.25. The molecule has 114 valence electrons. The molecule has 1 atom stereocenters. The quantitative estimate of drug-likeness (QED) is 0.860. The van der Waals surface area contributed by atoms with Crippen molar-refractivity contribution in [3.63, 3.8) is 0 Å². The Kier molecular flexibility index (Phi) is 4.66. The Bertz CT molecular complexity index is 628. The van der Waals surface area contributed by atoms with E-state index in [-0.39, 0.29) is 24.4 Å². The summed E-state index contributed by atoms with van der Waals surface area (Å²) >= 11 is 1.29. The van der Waals surface area contributed by atoms with Crippen LogP contribution >= 0.6 is 11.8 Å². The molecule has 1 aliphatic rings. The van der Waals surface area contributed by atoms with Gasteiger partial charge in [0.05, 0.1) is 16.8 Å².